The first-order valence-corrected chi connectivity index (χ1v) is 6.06. The van der Waals surface area contributed by atoms with Crippen molar-refractivity contribution in [2.45, 2.75) is 18.9 Å². The Kier molecular flexibility index (Phi) is 4.35. The highest BCUT2D eigenvalue weighted by Gasteiger charge is 2.23. The second-order valence-electron chi connectivity index (χ2n) is 4.18. The number of ether oxygens (including phenoxy) is 2. The number of amides is 2. The molecule has 19 heavy (non-hydrogen) atoms. The van der Waals surface area contributed by atoms with Crippen LogP contribution >= 0.6 is 0 Å². The molecule has 1 aliphatic rings. The Bertz CT molecular complexity index is 452. The van der Waals surface area contributed by atoms with E-state index in [9.17, 15) is 9.59 Å². The minimum Gasteiger partial charge on any atom is -0.453 e. The molecule has 1 aromatic carbocycles. The average molecular weight is 264 g/mol. The number of hydrogen-bond donors (Lipinski definition) is 2. The zero-order chi connectivity index (χ0) is 13.7. The summed E-state index contributed by atoms with van der Waals surface area (Å²) in [6.45, 7) is 0.639. The fourth-order valence-corrected chi connectivity index (χ4v) is 1.81. The van der Waals surface area contributed by atoms with Gasteiger partial charge >= 0.3 is 6.09 Å². The molecule has 0 bridgehead atoms. The summed E-state index contributed by atoms with van der Waals surface area (Å²) >= 11 is 0. The molecule has 6 nitrogen and oxygen atoms in total. The zero-order valence-corrected chi connectivity index (χ0v) is 10.6. The quantitative estimate of drug-likeness (QED) is 0.875. The van der Waals surface area contributed by atoms with E-state index >= 15 is 0 Å². The molecule has 0 unspecified atom stereocenters. The lowest BCUT2D eigenvalue weighted by Crippen LogP contribution is -2.26. The van der Waals surface area contributed by atoms with Gasteiger partial charge in [-0.1, -0.05) is 0 Å². The van der Waals surface area contributed by atoms with Gasteiger partial charge < -0.3 is 14.8 Å². The van der Waals surface area contributed by atoms with Crippen molar-refractivity contribution in [3.05, 3.63) is 24.3 Å². The first-order valence-electron chi connectivity index (χ1n) is 6.06. The standard InChI is InChI=1S/C13H16N2O4/c1-18-13(17)15-10-6-4-9(5-7-10)14-12(16)11-3-2-8-19-11/h4-7,11H,2-3,8H2,1H3,(H,14,16)(H,15,17)/t11-/m0/s1. The predicted octanol–water partition coefficient (Wildman–Crippen LogP) is 1.98. The summed E-state index contributed by atoms with van der Waals surface area (Å²) in [5.74, 6) is -0.133. The highest BCUT2D eigenvalue weighted by atomic mass is 16.5. The van der Waals surface area contributed by atoms with Crippen LogP contribution in [0.4, 0.5) is 16.2 Å². The third-order valence-electron chi connectivity index (χ3n) is 2.81. The topological polar surface area (TPSA) is 76.7 Å². The smallest absolute Gasteiger partial charge is 0.411 e. The third-order valence-corrected chi connectivity index (χ3v) is 2.81. The minimum absolute atomic E-state index is 0.133. The normalized spacial score (nSPS) is 17.8. The van der Waals surface area contributed by atoms with Gasteiger partial charge in [-0.25, -0.2) is 4.79 Å². The van der Waals surface area contributed by atoms with E-state index in [4.69, 9.17) is 4.74 Å². The van der Waals surface area contributed by atoms with Crippen LogP contribution in [0.25, 0.3) is 0 Å². The molecule has 0 saturated carbocycles. The van der Waals surface area contributed by atoms with E-state index in [-0.39, 0.29) is 12.0 Å². The molecule has 102 valence electrons. The first-order chi connectivity index (χ1) is 9.19. The summed E-state index contributed by atoms with van der Waals surface area (Å²) in [6, 6.07) is 6.78. The van der Waals surface area contributed by atoms with E-state index < -0.39 is 6.09 Å². The van der Waals surface area contributed by atoms with E-state index in [1.54, 1.807) is 24.3 Å². The number of benzene rings is 1. The molecule has 0 aliphatic carbocycles. The number of anilines is 2. The number of carbonyl (C=O) groups excluding carboxylic acids is 2. The van der Waals surface area contributed by atoms with E-state index in [0.29, 0.717) is 18.0 Å². The molecule has 1 fully saturated rings. The Labute approximate surface area is 111 Å². The maximum Gasteiger partial charge on any atom is 0.411 e. The summed E-state index contributed by atoms with van der Waals surface area (Å²) in [4.78, 5) is 22.8. The van der Waals surface area contributed by atoms with E-state index in [0.717, 1.165) is 12.8 Å². The predicted molar refractivity (Wildman–Crippen MR) is 70.1 cm³/mol. The van der Waals surface area contributed by atoms with Crippen molar-refractivity contribution in [3.63, 3.8) is 0 Å². The lowest BCUT2D eigenvalue weighted by atomic mass is 10.2. The van der Waals surface area contributed by atoms with Crippen molar-refractivity contribution >= 4 is 23.4 Å². The molecule has 2 amide bonds. The SMILES string of the molecule is COC(=O)Nc1ccc(NC(=O)[C@@H]2CCCO2)cc1. The van der Waals surface area contributed by atoms with Crippen LogP contribution in [-0.2, 0) is 14.3 Å². The van der Waals surface area contributed by atoms with Gasteiger partial charge in [-0.05, 0) is 37.1 Å². The van der Waals surface area contributed by atoms with Crippen molar-refractivity contribution in [2.24, 2.45) is 0 Å². The third kappa shape index (κ3) is 3.69. The molecule has 2 N–H and O–H groups in total. The largest absolute Gasteiger partial charge is 0.453 e. The second-order valence-corrected chi connectivity index (χ2v) is 4.18. The summed E-state index contributed by atoms with van der Waals surface area (Å²) < 4.78 is 9.77. The zero-order valence-electron chi connectivity index (χ0n) is 10.6. The Hall–Kier alpha value is -2.08. The van der Waals surface area contributed by atoms with Crippen molar-refractivity contribution in [3.8, 4) is 0 Å². The van der Waals surface area contributed by atoms with Gasteiger partial charge in [0.25, 0.3) is 5.91 Å². The van der Waals surface area contributed by atoms with Crippen LogP contribution in [0.1, 0.15) is 12.8 Å². The monoisotopic (exact) mass is 264 g/mol. The van der Waals surface area contributed by atoms with Gasteiger partial charge in [0.05, 0.1) is 7.11 Å². The fraction of sp³-hybridized carbons (Fsp3) is 0.385. The molecular weight excluding hydrogens is 248 g/mol. The van der Waals surface area contributed by atoms with Gasteiger partial charge in [0.2, 0.25) is 0 Å². The Morgan fingerprint density at radius 1 is 1.21 bits per heavy atom. The summed E-state index contributed by atoms with van der Waals surface area (Å²) in [5.41, 5.74) is 1.26. The Morgan fingerprint density at radius 3 is 2.37 bits per heavy atom. The fourth-order valence-electron chi connectivity index (χ4n) is 1.81. The number of carbonyl (C=O) groups is 2. The van der Waals surface area contributed by atoms with Crippen LogP contribution < -0.4 is 10.6 Å². The lowest BCUT2D eigenvalue weighted by molar-refractivity contribution is -0.124. The van der Waals surface area contributed by atoms with Crippen LogP contribution in [0.2, 0.25) is 0 Å². The van der Waals surface area contributed by atoms with Gasteiger partial charge in [0.1, 0.15) is 6.10 Å². The lowest BCUT2D eigenvalue weighted by Gasteiger charge is -2.11. The molecule has 1 aromatic rings. The molecule has 1 atom stereocenters. The molecule has 0 spiro atoms. The van der Waals surface area contributed by atoms with Crippen LogP contribution in [0.3, 0.4) is 0 Å². The molecule has 1 aliphatic heterocycles. The summed E-state index contributed by atoms with van der Waals surface area (Å²) in [6.07, 6.45) is 0.789. The Balaban J connectivity index is 1.91. The van der Waals surface area contributed by atoms with Crippen LogP contribution in [0.15, 0.2) is 24.3 Å². The van der Waals surface area contributed by atoms with Gasteiger partial charge in [0.15, 0.2) is 0 Å². The van der Waals surface area contributed by atoms with Crippen molar-refractivity contribution in [1.29, 1.82) is 0 Å². The van der Waals surface area contributed by atoms with Crippen LogP contribution in [0, 0.1) is 0 Å². The van der Waals surface area contributed by atoms with Crippen LogP contribution in [-0.4, -0.2) is 31.8 Å². The highest BCUT2D eigenvalue weighted by Crippen LogP contribution is 2.17. The molecule has 2 rings (SSSR count). The van der Waals surface area contributed by atoms with Crippen molar-refractivity contribution in [1.82, 2.24) is 0 Å². The molecule has 1 saturated heterocycles. The highest BCUT2D eigenvalue weighted by molar-refractivity contribution is 5.94. The van der Waals surface area contributed by atoms with Gasteiger partial charge in [0, 0.05) is 18.0 Å². The average Bonchev–Trinajstić information content (AvgIpc) is 2.95. The number of rotatable bonds is 3. The molecular formula is C13H16N2O4. The first kappa shape index (κ1) is 13.4. The molecule has 0 aromatic heterocycles. The number of hydrogen-bond acceptors (Lipinski definition) is 4. The van der Waals surface area contributed by atoms with Gasteiger partial charge in [-0.3, -0.25) is 10.1 Å². The van der Waals surface area contributed by atoms with Crippen LogP contribution in [0.5, 0.6) is 0 Å². The molecule has 0 radical (unpaired) electrons. The van der Waals surface area contributed by atoms with E-state index in [2.05, 4.69) is 15.4 Å². The minimum atomic E-state index is -0.531. The Morgan fingerprint density at radius 2 is 1.84 bits per heavy atom. The van der Waals surface area contributed by atoms with Gasteiger partial charge in [-0.15, -0.1) is 0 Å². The number of methoxy groups -OCH3 is 1. The maximum atomic E-state index is 11.8. The molecule has 6 heteroatoms. The summed E-state index contributed by atoms with van der Waals surface area (Å²) in [5, 5.41) is 5.30. The van der Waals surface area contributed by atoms with Crippen molar-refractivity contribution in [2.75, 3.05) is 24.4 Å². The maximum absolute atomic E-state index is 11.8. The molecule has 1 heterocycles. The summed E-state index contributed by atoms with van der Waals surface area (Å²) in [7, 11) is 1.30. The van der Waals surface area contributed by atoms with E-state index in [1.807, 2.05) is 0 Å². The van der Waals surface area contributed by atoms with Gasteiger partial charge in [-0.2, -0.15) is 0 Å². The second kappa shape index (κ2) is 6.19. The van der Waals surface area contributed by atoms with Crippen molar-refractivity contribution < 1.29 is 19.1 Å². The number of nitrogens with one attached hydrogen (secondary N) is 2. The van der Waals surface area contributed by atoms with E-state index in [1.165, 1.54) is 7.11 Å².